The maximum absolute atomic E-state index is 13.0. The summed E-state index contributed by atoms with van der Waals surface area (Å²) in [5.41, 5.74) is 5.46. The summed E-state index contributed by atoms with van der Waals surface area (Å²) in [4.78, 5) is 6.14. The van der Waals surface area contributed by atoms with Gasteiger partial charge in [0.05, 0.1) is 9.88 Å². The third kappa shape index (κ3) is 3.10. The van der Waals surface area contributed by atoms with Gasteiger partial charge in [0.2, 0.25) is 0 Å². The van der Waals surface area contributed by atoms with Crippen molar-refractivity contribution in [2.24, 2.45) is 17.6 Å². The van der Waals surface area contributed by atoms with E-state index in [9.17, 15) is 13.2 Å². The van der Waals surface area contributed by atoms with Crippen LogP contribution in [0, 0.1) is 18.8 Å². The molecule has 1 aromatic heterocycles. The summed E-state index contributed by atoms with van der Waals surface area (Å²) in [5.74, 6) is 0.999. The number of nitrogens with two attached hydrogens (primary N) is 1. The molecule has 2 aliphatic rings. The summed E-state index contributed by atoms with van der Waals surface area (Å²) in [6.45, 7) is 3.66. The molecule has 1 aliphatic carbocycles. The van der Waals surface area contributed by atoms with Gasteiger partial charge in [-0.25, -0.2) is 4.98 Å². The number of alkyl halides is 3. The Bertz CT molecular complexity index is 514. The number of hydrogen-bond donors (Lipinski definition) is 1. The van der Waals surface area contributed by atoms with Gasteiger partial charge in [0.15, 0.2) is 5.69 Å². The Labute approximate surface area is 126 Å². The highest BCUT2D eigenvalue weighted by Gasteiger charge is 2.41. The molecule has 3 atom stereocenters. The van der Waals surface area contributed by atoms with Crippen LogP contribution in [0.5, 0.6) is 0 Å². The molecule has 0 radical (unpaired) electrons. The summed E-state index contributed by atoms with van der Waals surface area (Å²) in [6, 6.07) is 0.207. The molecule has 0 amide bonds. The number of halogens is 3. The van der Waals surface area contributed by atoms with Crippen molar-refractivity contribution < 1.29 is 13.2 Å². The van der Waals surface area contributed by atoms with Crippen molar-refractivity contribution in [2.45, 2.75) is 44.9 Å². The van der Waals surface area contributed by atoms with Gasteiger partial charge in [0.1, 0.15) is 0 Å². The molecule has 0 spiro atoms. The van der Waals surface area contributed by atoms with E-state index in [4.69, 9.17) is 5.73 Å². The fourth-order valence-electron chi connectivity index (χ4n) is 3.74. The van der Waals surface area contributed by atoms with E-state index in [-0.39, 0.29) is 6.04 Å². The predicted octanol–water partition coefficient (Wildman–Crippen LogP) is 3.03. The topological polar surface area (TPSA) is 42.2 Å². The molecule has 2 N–H and O–H groups in total. The largest absolute Gasteiger partial charge is 0.434 e. The van der Waals surface area contributed by atoms with Gasteiger partial charge in [-0.2, -0.15) is 13.2 Å². The average molecular weight is 319 g/mol. The van der Waals surface area contributed by atoms with Crippen molar-refractivity contribution in [1.29, 1.82) is 0 Å². The number of fused-ring (bicyclic) bond motifs is 1. The molecule has 1 aliphatic heterocycles. The molecule has 0 aromatic carbocycles. The quantitative estimate of drug-likeness (QED) is 0.911. The van der Waals surface area contributed by atoms with E-state index < -0.39 is 11.9 Å². The third-order valence-corrected chi connectivity index (χ3v) is 5.63. The normalized spacial score (nSPS) is 30.6. The van der Waals surface area contributed by atoms with Crippen molar-refractivity contribution in [3.05, 3.63) is 15.6 Å². The number of likely N-dealkylation sites (tertiary alicyclic amines) is 1. The number of aryl methyl sites for hydroxylation is 1. The van der Waals surface area contributed by atoms with E-state index in [2.05, 4.69) is 9.88 Å². The number of thiazole rings is 1. The number of rotatable bonds is 2. The number of nitrogens with zero attached hydrogens (tertiary/aromatic N) is 2. The van der Waals surface area contributed by atoms with E-state index in [1.165, 1.54) is 0 Å². The molecule has 1 saturated carbocycles. The summed E-state index contributed by atoms with van der Waals surface area (Å²) in [7, 11) is 0. The highest BCUT2D eigenvalue weighted by molar-refractivity contribution is 7.11. The maximum Gasteiger partial charge on any atom is 0.434 e. The van der Waals surface area contributed by atoms with E-state index in [0.29, 0.717) is 28.3 Å². The Morgan fingerprint density at radius 1 is 1.33 bits per heavy atom. The molecule has 2 heterocycles. The lowest BCUT2D eigenvalue weighted by Gasteiger charge is -2.29. The van der Waals surface area contributed by atoms with Crippen LogP contribution >= 0.6 is 11.3 Å². The Hall–Kier alpha value is -0.660. The van der Waals surface area contributed by atoms with Gasteiger partial charge < -0.3 is 5.73 Å². The van der Waals surface area contributed by atoms with Crippen molar-refractivity contribution in [3.63, 3.8) is 0 Å². The van der Waals surface area contributed by atoms with Gasteiger partial charge in [0, 0.05) is 25.7 Å². The molecule has 7 heteroatoms. The molecule has 0 bridgehead atoms. The minimum absolute atomic E-state index is 0.207. The standard InChI is InChI=1S/C14H20F3N3S/c1-8-19-13(14(15,16)17)12(21-8)7-20-5-9-3-2-4-11(18)10(9)6-20/h9-11H,2-7,18H2,1H3. The van der Waals surface area contributed by atoms with Crippen LogP contribution in [-0.2, 0) is 12.7 Å². The van der Waals surface area contributed by atoms with E-state index in [1.54, 1.807) is 6.92 Å². The molecule has 118 valence electrons. The van der Waals surface area contributed by atoms with Crippen LogP contribution in [-0.4, -0.2) is 29.0 Å². The van der Waals surface area contributed by atoms with Crippen LogP contribution in [0.1, 0.15) is 34.8 Å². The second kappa shape index (κ2) is 5.52. The summed E-state index contributed by atoms with van der Waals surface area (Å²) in [5, 5.41) is 0.477. The fraction of sp³-hybridized carbons (Fsp3) is 0.786. The second-order valence-corrected chi connectivity index (χ2v) is 7.50. The molecule has 2 fully saturated rings. The monoisotopic (exact) mass is 319 g/mol. The average Bonchev–Trinajstić information content (AvgIpc) is 2.93. The van der Waals surface area contributed by atoms with Crippen LogP contribution < -0.4 is 5.73 Å². The molecule has 3 unspecified atom stereocenters. The van der Waals surface area contributed by atoms with Crippen molar-refractivity contribution in [2.75, 3.05) is 13.1 Å². The van der Waals surface area contributed by atoms with Gasteiger partial charge in [-0.15, -0.1) is 11.3 Å². The van der Waals surface area contributed by atoms with Crippen LogP contribution in [0.15, 0.2) is 0 Å². The molecule has 21 heavy (non-hydrogen) atoms. The smallest absolute Gasteiger partial charge is 0.327 e. The van der Waals surface area contributed by atoms with Gasteiger partial charge in [-0.05, 0) is 31.6 Å². The van der Waals surface area contributed by atoms with Crippen LogP contribution in [0.25, 0.3) is 0 Å². The lowest BCUT2D eigenvalue weighted by Crippen LogP contribution is -2.38. The minimum atomic E-state index is -4.36. The first-order chi connectivity index (χ1) is 9.84. The van der Waals surface area contributed by atoms with Crippen LogP contribution in [0.3, 0.4) is 0 Å². The first-order valence-corrected chi connectivity index (χ1v) is 8.17. The molecule has 3 nitrogen and oxygen atoms in total. The first kappa shape index (κ1) is 15.2. The SMILES string of the molecule is Cc1nc(C(F)(F)F)c(CN2CC3CCCC(N)C3C2)s1. The highest BCUT2D eigenvalue weighted by Crippen LogP contribution is 2.39. The second-order valence-electron chi connectivity index (χ2n) is 6.22. The fourth-order valence-corrected chi connectivity index (χ4v) is 4.74. The van der Waals surface area contributed by atoms with Gasteiger partial charge >= 0.3 is 6.18 Å². The lowest BCUT2D eigenvalue weighted by molar-refractivity contribution is -0.141. The Morgan fingerprint density at radius 3 is 2.76 bits per heavy atom. The van der Waals surface area contributed by atoms with Crippen molar-refractivity contribution in [3.8, 4) is 0 Å². The number of hydrogen-bond acceptors (Lipinski definition) is 4. The Balaban J connectivity index is 1.73. The van der Waals surface area contributed by atoms with Crippen LogP contribution in [0.2, 0.25) is 0 Å². The molecular weight excluding hydrogens is 299 g/mol. The molecule has 1 saturated heterocycles. The Kier molecular flexibility index (Phi) is 4.00. The third-order valence-electron chi connectivity index (χ3n) is 4.67. The zero-order valence-electron chi connectivity index (χ0n) is 12.0. The van der Waals surface area contributed by atoms with Gasteiger partial charge in [0.25, 0.3) is 0 Å². The first-order valence-electron chi connectivity index (χ1n) is 7.36. The van der Waals surface area contributed by atoms with E-state index in [0.717, 1.165) is 43.7 Å². The number of aromatic nitrogens is 1. The van der Waals surface area contributed by atoms with E-state index in [1.807, 2.05) is 0 Å². The van der Waals surface area contributed by atoms with Gasteiger partial charge in [-0.1, -0.05) is 6.42 Å². The highest BCUT2D eigenvalue weighted by atomic mass is 32.1. The maximum atomic E-state index is 13.0. The zero-order valence-corrected chi connectivity index (χ0v) is 12.8. The molecular formula is C14H20F3N3S. The summed E-state index contributed by atoms with van der Waals surface area (Å²) >= 11 is 1.16. The summed E-state index contributed by atoms with van der Waals surface area (Å²) in [6.07, 6.45) is -1.02. The predicted molar refractivity (Wildman–Crippen MR) is 75.9 cm³/mol. The van der Waals surface area contributed by atoms with E-state index >= 15 is 0 Å². The zero-order chi connectivity index (χ0) is 15.2. The molecule has 1 aromatic rings. The minimum Gasteiger partial charge on any atom is -0.327 e. The van der Waals surface area contributed by atoms with Crippen LogP contribution in [0.4, 0.5) is 13.2 Å². The molecule has 3 rings (SSSR count). The van der Waals surface area contributed by atoms with Gasteiger partial charge in [-0.3, -0.25) is 4.90 Å². The Morgan fingerprint density at radius 2 is 2.10 bits per heavy atom. The summed E-state index contributed by atoms with van der Waals surface area (Å²) < 4.78 is 39.0. The van der Waals surface area contributed by atoms with Crippen molar-refractivity contribution in [1.82, 2.24) is 9.88 Å². The van der Waals surface area contributed by atoms with Crippen molar-refractivity contribution >= 4 is 11.3 Å². The lowest BCUT2D eigenvalue weighted by atomic mass is 9.78.